The van der Waals surface area contributed by atoms with Gasteiger partial charge in [0, 0.05) is 13.0 Å². The van der Waals surface area contributed by atoms with Crippen LogP contribution in [0.4, 0.5) is 0 Å². The van der Waals surface area contributed by atoms with E-state index in [1.807, 2.05) is 18.2 Å². The lowest BCUT2D eigenvalue weighted by Gasteiger charge is -2.10. The highest BCUT2D eigenvalue weighted by Gasteiger charge is 2.08. The summed E-state index contributed by atoms with van der Waals surface area (Å²) in [4.78, 5) is 22.4. The fourth-order valence-corrected chi connectivity index (χ4v) is 1.77. The topological polar surface area (TPSA) is 66.4 Å². The number of carboxylic acids is 1. The Morgan fingerprint density at radius 2 is 1.84 bits per heavy atom. The molecule has 0 unspecified atom stereocenters. The number of benzene rings is 1. The van der Waals surface area contributed by atoms with E-state index in [-0.39, 0.29) is 12.3 Å². The van der Waals surface area contributed by atoms with Crippen molar-refractivity contribution in [1.29, 1.82) is 0 Å². The minimum atomic E-state index is -0.862. The molecular formula is C15H21NO3. The monoisotopic (exact) mass is 263 g/mol. The van der Waals surface area contributed by atoms with Crippen molar-refractivity contribution < 1.29 is 14.7 Å². The lowest BCUT2D eigenvalue weighted by molar-refractivity contribution is -0.136. The van der Waals surface area contributed by atoms with Gasteiger partial charge in [0.05, 0.1) is 6.42 Å². The highest BCUT2D eigenvalue weighted by molar-refractivity contribution is 5.76. The molecule has 1 aromatic carbocycles. The quantitative estimate of drug-likeness (QED) is 0.793. The van der Waals surface area contributed by atoms with Crippen molar-refractivity contribution in [3.05, 3.63) is 35.4 Å². The minimum absolute atomic E-state index is 0.0128. The molecule has 0 aliphatic carbocycles. The number of hydrogen-bond acceptors (Lipinski definition) is 2. The molecule has 0 aliphatic heterocycles. The van der Waals surface area contributed by atoms with Crippen LogP contribution in [-0.4, -0.2) is 17.0 Å². The number of rotatable bonds is 7. The Bertz CT molecular complexity index is 441. The number of aliphatic carboxylic acids is 1. The molecule has 0 saturated carbocycles. The van der Waals surface area contributed by atoms with Crippen molar-refractivity contribution in [2.24, 2.45) is 5.92 Å². The van der Waals surface area contributed by atoms with Crippen molar-refractivity contribution in [3.8, 4) is 0 Å². The van der Waals surface area contributed by atoms with E-state index in [2.05, 4.69) is 19.2 Å². The van der Waals surface area contributed by atoms with Crippen LogP contribution in [0, 0.1) is 5.92 Å². The Balaban J connectivity index is 2.52. The highest BCUT2D eigenvalue weighted by atomic mass is 16.4. The Kier molecular flexibility index (Phi) is 6.06. The minimum Gasteiger partial charge on any atom is -0.481 e. The highest BCUT2D eigenvalue weighted by Crippen LogP contribution is 2.10. The van der Waals surface area contributed by atoms with Crippen molar-refractivity contribution in [1.82, 2.24) is 5.32 Å². The summed E-state index contributed by atoms with van der Waals surface area (Å²) in [7, 11) is 0. The molecule has 2 N–H and O–H groups in total. The molecule has 0 radical (unpaired) electrons. The van der Waals surface area contributed by atoms with Gasteiger partial charge >= 0.3 is 5.97 Å². The van der Waals surface area contributed by atoms with Crippen LogP contribution >= 0.6 is 0 Å². The third-order valence-electron chi connectivity index (χ3n) is 2.88. The van der Waals surface area contributed by atoms with Gasteiger partial charge in [0.2, 0.25) is 5.91 Å². The van der Waals surface area contributed by atoms with Gasteiger partial charge in [0.25, 0.3) is 0 Å². The zero-order chi connectivity index (χ0) is 14.3. The smallest absolute Gasteiger partial charge is 0.307 e. The summed E-state index contributed by atoms with van der Waals surface area (Å²) in [6.45, 7) is 4.55. The van der Waals surface area contributed by atoms with Gasteiger partial charge in [-0.1, -0.05) is 38.1 Å². The molecular weight excluding hydrogens is 242 g/mol. The number of amides is 1. The number of hydrogen-bond donors (Lipinski definition) is 2. The maximum absolute atomic E-state index is 11.6. The van der Waals surface area contributed by atoms with Gasteiger partial charge in [-0.15, -0.1) is 0 Å². The van der Waals surface area contributed by atoms with E-state index in [4.69, 9.17) is 5.11 Å². The molecule has 0 atom stereocenters. The van der Waals surface area contributed by atoms with Gasteiger partial charge in [0.1, 0.15) is 0 Å². The average Bonchev–Trinajstić information content (AvgIpc) is 2.34. The summed E-state index contributed by atoms with van der Waals surface area (Å²) in [5, 5.41) is 11.7. The summed E-state index contributed by atoms with van der Waals surface area (Å²) < 4.78 is 0. The van der Waals surface area contributed by atoms with Crippen molar-refractivity contribution in [2.45, 2.75) is 39.7 Å². The third kappa shape index (κ3) is 6.04. The van der Waals surface area contributed by atoms with Gasteiger partial charge < -0.3 is 10.4 Å². The van der Waals surface area contributed by atoms with Crippen LogP contribution < -0.4 is 5.32 Å². The van der Waals surface area contributed by atoms with Gasteiger partial charge in [-0.25, -0.2) is 0 Å². The van der Waals surface area contributed by atoms with E-state index < -0.39 is 5.97 Å². The molecule has 1 rings (SSSR count). The Morgan fingerprint density at radius 3 is 2.42 bits per heavy atom. The predicted molar refractivity (Wildman–Crippen MR) is 73.7 cm³/mol. The van der Waals surface area contributed by atoms with E-state index in [0.717, 1.165) is 17.5 Å². The lowest BCUT2D eigenvalue weighted by Crippen LogP contribution is -2.23. The molecule has 1 amide bonds. The largest absolute Gasteiger partial charge is 0.481 e. The van der Waals surface area contributed by atoms with E-state index in [1.165, 1.54) is 0 Å². The van der Waals surface area contributed by atoms with Crippen LogP contribution in [0.15, 0.2) is 24.3 Å². The number of carbonyl (C=O) groups excluding carboxylic acids is 1. The second kappa shape index (κ2) is 7.56. The molecule has 0 saturated heterocycles. The predicted octanol–water partition coefficient (Wildman–Crippen LogP) is 2.37. The summed E-state index contributed by atoms with van der Waals surface area (Å²) >= 11 is 0. The molecule has 0 spiro atoms. The summed E-state index contributed by atoms with van der Waals surface area (Å²) in [6, 6.07) is 7.29. The second-order valence-corrected chi connectivity index (χ2v) is 5.05. The van der Waals surface area contributed by atoms with Crippen LogP contribution in [0.5, 0.6) is 0 Å². The van der Waals surface area contributed by atoms with E-state index in [9.17, 15) is 9.59 Å². The van der Waals surface area contributed by atoms with E-state index in [0.29, 0.717) is 18.9 Å². The van der Waals surface area contributed by atoms with Crippen molar-refractivity contribution >= 4 is 11.9 Å². The van der Waals surface area contributed by atoms with Crippen molar-refractivity contribution in [2.75, 3.05) is 0 Å². The molecule has 4 heteroatoms. The maximum atomic E-state index is 11.6. The van der Waals surface area contributed by atoms with Crippen LogP contribution in [-0.2, 0) is 22.6 Å². The summed E-state index contributed by atoms with van der Waals surface area (Å²) in [5.41, 5.74) is 1.61. The molecule has 1 aromatic rings. The van der Waals surface area contributed by atoms with Gasteiger partial charge in [-0.05, 0) is 23.5 Å². The first-order chi connectivity index (χ1) is 8.99. The molecule has 0 heterocycles. The van der Waals surface area contributed by atoms with Crippen molar-refractivity contribution in [3.63, 3.8) is 0 Å². The first kappa shape index (κ1) is 15.2. The normalized spacial score (nSPS) is 10.5. The van der Waals surface area contributed by atoms with Gasteiger partial charge in [-0.2, -0.15) is 0 Å². The zero-order valence-electron chi connectivity index (χ0n) is 11.5. The fraction of sp³-hybridized carbons (Fsp3) is 0.467. The number of nitrogens with one attached hydrogen (secondary N) is 1. The Morgan fingerprint density at radius 1 is 1.21 bits per heavy atom. The standard InChI is InChI=1S/C15H21NO3/c1-11(2)7-8-14(17)16-10-13-6-4-3-5-12(13)9-15(18)19/h3-6,11H,7-10H2,1-2H3,(H,16,17)(H,18,19). The lowest BCUT2D eigenvalue weighted by atomic mass is 10.0. The number of carboxylic acid groups (broad SMARTS) is 1. The molecule has 104 valence electrons. The molecule has 19 heavy (non-hydrogen) atoms. The van der Waals surface area contributed by atoms with E-state index >= 15 is 0 Å². The van der Waals surface area contributed by atoms with Crippen LogP contribution in [0.25, 0.3) is 0 Å². The molecule has 0 aromatic heterocycles. The molecule has 0 fully saturated rings. The fourth-order valence-electron chi connectivity index (χ4n) is 1.77. The summed E-state index contributed by atoms with van der Waals surface area (Å²) in [6.07, 6.45) is 1.36. The Hall–Kier alpha value is -1.84. The van der Waals surface area contributed by atoms with Gasteiger partial charge in [0.15, 0.2) is 0 Å². The SMILES string of the molecule is CC(C)CCC(=O)NCc1ccccc1CC(=O)O. The summed E-state index contributed by atoms with van der Waals surface area (Å²) in [5.74, 6) is -0.345. The molecule has 0 bridgehead atoms. The first-order valence-corrected chi connectivity index (χ1v) is 6.54. The van der Waals surface area contributed by atoms with Crippen LogP contribution in [0.3, 0.4) is 0 Å². The van der Waals surface area contributed by atoms with Crippen LogP contribution in [0.2, 0.25) is 0 Å². The first-order valence-electron chi connectivity index (χ1n) is 6.54. The molecule has 4 nitrogen and oxygen atoms in total. The van der Waals surface area contributed by atoms with E-state index in [1.54, 1.807) is 6.07 Å². The number of carbonyl (C=O) groups is 2. The average molecular weight is 263 g/mol. The Labute approximate surface area is 113 Å². The third-order valence-corrected chi connectivity index (χ3v) is 2.88. The van der Waals surface area contributed by atoms with Gasteiger partial charge in [-0.3, -0.25) is 9.59 Å². The zero-order valence-corrected chi connectivity index (χ0v) is 11.5. The second-order valence-electron chi connectivity index (χ2n) is 5.05. The maximum Gasteiger partial charge on any atom is 0.307 e. The van der Waals surface area contributed by atoms with Crippen LogP contribution in [0.1, 0.15) is 37.8 Å². The molecule has 0 aliphatic rings.